The Morgan fingerprint density at radius 1 is 1.33 bits per heavy atom. The zero-order valence-electron chi connectivity index (χ0n) is 11.3. The maximum atomic E-state index is 5.73. The van der Waals surface area contributed by atoms with E-state index in [1.165, 1.54) is 0 Å². The van der Waals surface area contributed by atoms with Gasteiger partial charge in [-0.3, -0.25) is 0 Å². The number of methoxy groups -OCH3 is 1. The lowest BCUT2D eigenvalue weighted by molar-refractivity contribution is 0.260. The highest BCUT2D eigenvalue weighted by Gasteiger charge is 2.14. The number of hydrogen-bond donors (Lipinski definition) is 1. The van der Waals surface area contributed by atoms with Crippen molar-refractivity contribution in [1.29, 1.82) is 0 Å². The molecule has 0 amide bonds. The normalized spacial score (nSPS) is 11.4. The summed E-state index contributed by atoms with van der Waals surface area (Å²) in [6, 6.07) is 5.71. The van der Waals surface area contributed by atoms with Crippen molar-refractivity contribution in [3.8, 4) is 11.5 Å². The van der Waals surface area contributed by atoms with Crippen molar-refractivity contribution < 1.29 is 9.47 Å². The van der Waals surface area contributed by atoms with E-state index in [4.69, 9.17) is 15.2 Å². The van der Waals surface area contributed by atoms with Crippen LogP contribution in [0.2, 0.25) is 0 Å². The molecule has 4 heteroatoms. The summed E-state index contributed by atoms with van der Waals surface area (Å²) in [4.78, 5) is 0. The molecule has 18 heavy (non-hydrogen) atoms. The van der Waals surface area contributed by atoms with Crippen molar-refractivity contribution in [2.45, 2.75) is 26.7 Å². The molecule has 1 rings (SSSR count). The van der Waals surface area contributed by atoms with Crippen molar-refractivity contribution in [3.63, 3.8) is 0 Å². The lowest BCUT2D eigenvalue weighted by Gasteiger charge is -2.22. The highest BCUT2D eigenvalue weighted by atomic mass is 79.9. The molecule has 0 heterocycles. The second-order valence-corrected chi connectivity index (χ2v) is 5.97. The second kappa shape index (κ2) is 7.00. The molecule has 0 aromatic heterocycles. The molecular weight excluding hydrogens is 294 g/mol. The van der Waals surface area contributed by atoms with E-state index in [9.17, 15) is 0 Å². The van der Waals surface area contributed by atoms with Crippen LogP contribution in [0.4, 0.5) is 0 Å². The van der Waals surface area contributed by atoms with Crippen molar-refractivity contribution in [1.82, 2.24) is 0 Å². The summed E-state index contributed by atoms with van der Waals surface area (Å²) in [5.41, 5.74) is 5.89. The zero-order chi connectivity index (χ0) is 13.6. The summed E-state index contributed by atoms with van der Waals surface area (Å²) in [5, 5.41) is 0. The van der Waals surface area contributed by atoms with Crippen LogP contribution < -0.4 is 15.2 Å². The van der Waals surface area contributed by atoms with Crippen LogP contribution in [0.25, 0.3) is 0 Å². The number of rotatable bonds is 7. The van der Waals surface area contributed by atoms with Gasteiger partial charge in [0.25, 0.3) is 0 Å². The molecule has 0 atom stereocenters. The molecule has 1 aromatic carbocycles. The largest absolute Gasteiger partial charge is 0.497 e. The third-order valence-electron chi connectivity index (χ3n) is 2.95. The summed E-state index contributed by atoms with van der Waals surface area (Å²) < 4.78 is 11.8. The Morgan fingerprint density at radius 2 is 2.06 bits per heavy atom. The first-order chi connectivity index (χ1) is 8.48. The molecule has 0 aliphatic carbocycles. The SMILES string of the molecule is COc1ccc(OCCCC(C)(C)CN)c(Br)c1. The first-order valence-electron chi connectivity index (χ1n) is 6.15. The maximum Gasteiger partial charge on any atom is 0.133 e. The van der Waals surface area contributed by atoms with Crippen LogP contribution in [0.3, 0.4) is 0 Å². The van der Waals surface area contributed by atoms with E-state index in [2.05, 4.69) is 29.8 Å². The van der Waals surface area contributed by atoms with Gasteiger partial charge in [-0.25, -0.2) is 0 Å². The lowest BCUT2D eigenvalue weighted by Crippen LogP contribution is -2.23. The van der Waals surface area contributed by atoms with Gasteiger partial charge in [0.1, 0.15) is 11.5 Å². The number of nitrogens with two attached hydrogens (primary N) is 1. The molecule has 0 fully saturated rings. The van der Waals surface area contributed by atoms with Crippen LogP contribution >= 0.6 is 15.9 Å². The van der Waals surface area contributed by atoms with Gasteiger partial charge in [-0.1, -0.05) is 13.8 Å². The molecular formula is C14H22BrNO2. The van der Waals surface area contributed by atoms with Gasteiger partial charge in [0.2, 0.25) is 0 Å². The lowest BCUT2D eigenvalue weighted by atomic mass is 9.88. The van der Waals surface area contributed by atoms with E-state index in [0.29, 0.717) is 13.2 Å². The molecule has 102 valence electrons. The van der Waals surface area contributed by atoms with Gasteiger partial charge < -0.3 is 15.2 Å². The summed E-state index contributed by atoms with van der Waals surface area (Å²) in [6.45, 7) is 5.76. The number of halogens is 1. The molecule has 0 radical (unpaired) electrons. The molecule has 0 bridgehead atoms. The Morgan fingerprint density at radius 3 is 2.61 bits per heavy atom. The van der Waals surface area contributed by atoms with E-state index >= 15 is 0 Å². The van der Waals surface area contributed by atoms with E-state index in [-0.39, 0.29) is 5.41 Å². The van der Waals surface area contributed by atoms with Crippen LogP contribution in [0.5, 0.6) is 11.5 Å². The highest BCUT2D eigenvalue weighted by Crippen LogP contribution is 2.29. The van der Waals surface area contributed by atoms with Crippen LogP contribution in [0, 0.1) is 5.41 Å². The van der Waals surface area contributed by atoms with Crippen LogP contribution in [0.15, 0.2) is 22.7 Å². The monoisotopic (exact) mass is 315 g/mol. The Labute approximate surface area is 118 Å². The van der Waals surface area contributed by atoms with E-state index < -0.39 is 0 Å². The smallest absolute Gasteiger partial charge is 0.133 e. The molecule has 0 saturated carbocycles. The maximum absolute atomic E-state index is 5.73. The van der Waals surface area contributed by atoms with Gasteiger partial charge in [0, 0.05) is 0 Å². The van der Waals surface area contributed by atoms with Crippen LogP contribution in [0.1, 0.15) is 26.7 Å². The van der Waals surface area contributed by atoms with Crippen molar-refractivity contribution >= 4 is 15.9 Å². The number of ether oxygens (including phenoxy) is 2. The van der Waals surface area contributed by atoms with Gasteiger partial charge in [0.05, 0.1) is 18.2 Å². The molecule has 0 unspecified atom stereocenters. The first kappa shape index (κ1) is 15.3. The fraction of sp³-hybridized carbons (Fsp3) is 0.571. The standard InChI is InChI=1S/C14H22BrNO2/c1-14(2,10-16)7-4-8-18-13-6-5-11(17-3)9-12(13)15/h5-6,9H,4,7-8,10,16H2,1-3H3. The Kier molecular flexibility index (Phi) is 5.96. The fourth-order valence-electron chi connectivity index (χ4n) is 1.56. The predicted molar refractivity (Wildman–Crippen MR) is 78.3 cm³/mol. The van der Waals surface area contributed by atoms with Gasteiger partial charge in [0.15, 0.2) is 0 Å². The minimum atomic E-state index is 0.195. The van der Waals surface area contributed by atoms with Gasteiger partial charge in [-0.05, 0) is 58.9 Å². The number of benzene rings is 1. The summed E-state index contributed by atoms with van der Waals surface area (Å²) in [6.07, 6.45) is 2.07. The minimum absolute atomic E-state index is 0.195. The summed E-state index contributed by atoms with van der Waals surface area (Å²) in [7, 11) is 1.65. The average molecular weight is 316 g/mol. The number of hydrogen-bond acceptors (Lipinski definition) is 3. The first-order valence-corrected chi connectivity index (χ1v) is 6.94. The van der Waals surface area contributed by atoms with E-state index in [1.54, 1.807) is 7.11 Å². The van der Waals surface area contributed by atoms with E-state index in [0.717, 1.165) is 28.8 Å². The summed E-state index contributed by atoms with van der Waals surface area (Å²) >= 11 is 3.47. The molecule has 3 nitrogen and oxygen atoms in total. The van der Waals surface area contributed by atoms with E-state index in [1.807, 2.05) is 18.2 Å². The van der Waals surface area contributed by atoms with Crippen LogP contribution in [-0.2, 0) is 0 Å². The zero-order valence-corrected chi connectivity index (χ0v) is 12.9. The van der Waals surface area contributed by atoms with Crippen molar-refractivity contribution in [3.05, 3.63) is 22.7 Å². The van der Waals surface area contributed by atoms with Gasteiger partial charge >= 0.3 is 0 Å². The topological polar surface area (TPSA) is 44.5 Å². The molecule has 1 aromatic rings. The highest BCUT2D eigenvalue weighted by molar-refractivity contribution is 9.10. The predicted octanol–water partition coefficient (Wildman–Crippen LogP) is 3.60. The Bertz CT molecular complexity index is 380. The molecule has 0 spiro atoms. The fourth-order valence-corrected chi connectivity index (χ4v) is 2.03. The van der Waals surface area contributed by atoms with Crippen LogP contribution in [-0.4, -0.2) is 20.3 Å². The van der Waals surface area contributed by atoms with Crippen molar-refractivity contribution in [2.75, 3.05) is 20.3 Å². The average Bonchev–Trinajstić information content (AvgIpc) is 2.36. The third-order valence-corrected chi connectivity index (χ3v) is 3.57. The minimum Gasteiger partial charge on any atom is -0.497 e. The third kappa shape index (κ3) is 4.86. The molecule has 0 saturated heterocycles. The summed E-state index contributed by atoms with van der Waals surface area (Å²) in [5.74, 6) is 1.67. The van der Waals surface area contributed by atoms with Crippen molar-refractivity contribution in [2.24, 2.45) is 11.1 Å². The molecule has 0 aliphatic heterocycles. The molecule has 2 N–H and O–H groups in total. The molecule has 0 aliphatic rings. The second-order valence-electron chi connectivity index (χ2n) is 5.12. The Balaban J connectivity index is 2.40. The quantitative estimate of drug-likeness (QED) is 0.782. The Hall–Kier alpha value is -0.740. The van der Waals surface area contributed by atoms with Gasteiger partial charge in [-0.2, -0.15) is 0 Å². The van der Waals surface area contributed by atoms with Gasteiger partial charge in [-0.15, -0.1) is 0 Å².